The van der Waals surface area contributed by atoms with E-state index in [1.807, 2.05) is 0 Å². The molecule has 0 unspecified atom stereocenters. The summed E-state index contributed by atoms with van der Waals surface area (Å²) in [5.41, 5.74) is 5.24. The normalized spacial score (nSPS) is 16.6. The Morgan fingerprint density at radius 3 is 2.88 bits per heavy atom. The largest absolute Gasteiger partial charge is 0.378 e. The molecule has 2 aromatic rings. The summed E-state index contributed by atoms with van der Waals surface area (Å²) in [6, 6.07) is 5.78. The molecule has 1 aliphatic heterocycles. The van der Waals surface area contributed by atoms with Crippen LogP contribution in [0, 0.1) is 15.9 Å². The Bertz CT molecular complexity index is 782. The van der Waals surface area contributed by atoms with Crippen LogP contribution in [0.4, 0.5) is 33.3 Å². The topological polar surface area (TPSA) is 128 Å². The number of para-hydroxylation sites is 1. The van der Waals surface area contributed by atoms with Crippen LogP contribution in [0.15, 0.2) is 24.3 Å². The number of nitrogen functional groups attached to an aromatic ring is 1. The molecule has 0 aliphatic carbocycles. The molecular weight excluding hydrogens is 331 g/mol. The minimum Gasteiger partial charge on any atom is -0.378 e. The third-order valence-corrected chi connectivity index (χ3v) is 3.73. The van der Waals surface area contributed by atoms with E-state index in [9.17, 15) is 14.5 Å². The van der Waals surface area contributed by atoms with Crippen LogP contribution in [0.5, 0.6) is 0 Å². The number of benzene rings is 1. The summed E-state index contributed by atoms with van der Waals surface area (Å²) in [7, 11) is 0. The van der Waals surface area contributed by atoms with E-state index >= 15 is 0 Å². The first-order valence-corrected chi connectivity index (χ1v) is 7.73. The Morgan fingerprint density at radius 2 is 2.20 bits per heavy atom. The van der Waals surface area contributed by atoms with Gasteiger partial charge < -0.3 is 21.1 Å². The fourth-order valence-electron chi connectivity index (χ4n) is 2.52. The van der Waals surface area contributed by atoms with Gasteiger partial charge in [-0.1, -0.05) is 12.1 Å². The molecule has 3 rings (SSSR count). The number of anilines is 4. The average Bonchev–Trinajstić information content (AvgIpc) is 3.08. The highest BCUT2D eigenvalue weighted by Crippen LogP contribution is 2.32. The van der Waals surface area contributed by atoms with Crippen LogP contribution in [0.1, 0.15) is 12.8 Å². The zero-order chi connectivity index (χ0) is 17.8. The van der Waals surface area contributed by atoms with Crippen molar-refractivity contribution in [3.8, 4) is 0 Å². The summed E-state index contributed by atoms with van der Waals surface area (Å²) in [5, 5.41) is 16.8. The molecule has 9 nitrogen and oxygen atoms in total. The van der Waals surface area contributed by atoms with Crippen LogP contribution in [0.3, 0.4) is 0 Å². The maximum atomic E-state index is 13.8. The van der Waals surface area contributed by atoms with Crippen molar-refractivity contribution in [3.05, 3.63) is 40.2 Å². The fourth-order valence-corrected chi connectivity index (χ4v) is 2.52. The second-order valence-corrected chi connectivity index (χ2v) is 5.51. The summed E-state index contributed by atoms with van der Waals surface area (Å²) >= 11 is 0. The highest BCUT2D eigenvalue weighted by Gasteiger charge is 2.24. The maximum absolute atomic E-state index is 13.8. The third-order valence-electron chi connectivity index (χ3n) is 3.73. The lowest BCUT2D eigenvalue weighted by Crippen LogP contribution is -2.20. The quantitative estimate of drug-likeness (QED) is 0.536. The Morgan fingerprint density at radius 1 is 1.40 bits per heavy atom. The van der Waals surface area contributed by atoms with E-state index in [2.05, 4.69) is 20.6 Å². The van der Waals surface area contributed by atoms with Crippen LogP contribution in [0.2, 0.25) is 0 Å². The molecule has 4 N–H and O–H groups in total. The highest BCUT2D eigenvalue weighted by atomic mass is 19.1. The van der Waals surface area contributed by atoms with Gasteiger partial charge in [-0.25, -0.2) is 4.39 Å². The van der Waals surface area contributed by atoms with Crippen LogP contribution in [-0.4, -0.2) is 34.1 Å². The zero-order valence-electron chi connectivity index (χ0n) is 13.2. The predicted molar refractivity (Wildman–Crippen MR) is 90.2 cm³/mol. The molecule has 0 bridgehead atoms. The van der Waals surface area contributed by atoms with Gasteiger partial charge in [0.1, 0.15) is 5.82 Å². The highest BCUT2D eigenvalue weighted by molar-refractivity contribution is 5.74. The van der Waals surface area contributed by atoms with Crippen molar-refractivity contribution in [2.45, 2.75) is 18.9 Å². The number of nitrogens with zero attached hydrogens (tertiary/aromatic N) is 3. The molecule has 0 saturated carbocycles. The molecule has 1 saturated heterocycles. The Kier molecular flexibility index (Phi) is 4.89. The molecule has 1 aromatic heterocycles. The summed E-state index contributed by atoms with van der Waals surface area (Å²) < 4.78 is 19.3. The van der Waals surface area contributed by atoms with Crippen molar-refractivity contribution in [2.24, 2.45) is 0 Å². The van der Waals surface area contributed by atoms with Crippen molar-refractivity contribution >= 4 is 29.0 Å². The van der Waals surface area contributed by atoms with Crippen LogP contribution in [-0.2, 0) is 4.74 Å². The summed E-state index contributed by atoms with van der Waals surface area (Å²) in [5.74, 6) is -0.952. The van der Waals surface area contributed by atoms with Crippen molar-refractivity contribution in [3.63, 3.8) is 0 Å². The molecular formula is C15H17FN6O3. The number of halogens is 1. The molecule has 25 heavy (non-hydrogen) atoms. The lowest BCUT2D eigenvalue weighted by Gasteiger charge is -2.13. The first-order valence-electron chi connectivity index (χ1n) is 7.73. The van der Waals surface area contributed by atoms with Crippen molar-refractivity contribution in [1.29, 1.82) is 0 Å². The van der Waals surface area contributed by atoms with E-state index in [0.29, 0.717) is 13.2 Å². The molecule has 1 atom stereocenters. The molecule has 1 aliphatic rings. The van der Waals surface area contributed by atoms with E-state index < -0.39 is 16.4 Å². The van der Waals surface area contributed by atoms with Gasteiger partial charge in [0.25, 0.3) is 0 Å². The molecule has 10 heteroatoms. The van der Waals surface area contributed by atoms with E-state index in [-0.39, 0.29) is 29.4 Å². The Labute approximate surface area is 142 Å². The van der Waals surface area contributed by atoms with E-state index in [1.54, 1.807) is 6.07 Å². The third kappa shape index (κ3) is 3.91. The number of hydrogen-bond acceptors (Lipinski definition) is 8. The zero-order valence-corrected chi connectivity index (χ0v) is 13.2. The van der Waals surface area contributed by atoms with Gasteiger partial charge in [0.15, 0.2) is 0 Å². The van der Waals surface area contributed by atoms with E-state index in [1.165, 1.54) is 18.2 Å². The van der Waals surface area contributed by atoms with Crippen molar-refractivity contribution in [1.82, 2.24) is 9.97 Å². The molecule has 1 fully saturated rings. The number of nitro groups is 1. The molecule has 0 spiro atoms. The van der Waals surface area contributed by atoms with Crippen LogP contribution < -0.4 is 16.4 Å². The van der Waals surface area contributed by atoms with Crippen molar-refractivity contribution in [2.75, 3.05) is 29.5 Å². The number of ether oxygens (including phenoxy) is 1. The minimum absolute atomic E-state index is 0.0305. The average molecular weight is 348 g/mol. The first-order chi connectivity index (χ1) is 12.0. The summed E-state index contributed by atoms with van der Waals surface area (Å²) in [4.78, 5) is 18.5. The number of aromatic nitrogens is 2. The van der Waals surface area contributed by atoms with Gasteiger partial charge in [-0.3, -0.25) is 10.1 Å². The standard InChI is InChI=1S/C15H17FN6O3/c16-10-5-1-2-6-11(10)19-14-12(22(23)24)13(17)20-15(21-14)18-8-9-4-3-7-25-9/h1-2,5-6,9H,3-4,7-8H2,(H4,17,18,19,20,21)/t9-/m0/s1. The first kappa shape index (κ1) is 16.8. The van der Waals surface area contributed by atoms with Gasteiger partial charge in [-0.15, -0.1) is 0 Å². The van der Waals surface area contributed by atoms with Gasteiger partial charge in [0.05, 0.1) is 16.7 Å². The number of rotatable bonds is 6. The minimum atomic E-state index is -0.706. The van der Waals surface area contributed by atoms with E-state index in [4.69, 9.17) is 10.5 Å². The van der Waals surface area contributed by atoms with E-state index in [0.717, 1.165) is 12.8 Å². The monoisotopic (exact) mass is 348 g/mol. The maximum Gasteiger partial charge on any atom is 0.353 e. The van der Waals surface area contributed by atoms with Gasteiger partial charge in [-0.2, -0.15) is 9.97 Å². The SMILES string of the molecule is Nc1nc(NC[C@@H]2CCCO2)nc(Nc2ccccc2F)c1[N+](=O)[O-]. The van der Waals surface area contributed by atoms with Gasteiger partial charge in [0, 0.05) is 13.2 Å². The van der Waals surface area contributed by atoms with Gasteiger partial charge >= 0.3 is 5.69 Å². The van der Waals surface area contributed by atoms with Crippen LogP contribution in [0.25, 0.3) is 0 Å². The Hall–Kier alpha value is -3.01. The number of nitrogens with one attached hydrogen (secondary N) is 2. The number of hydrogen-bond donors (Lipinski definition) is 3. The molecule has 0 radical (unpaired) electrons. The Balaban J connectivity index is 1.87. The second-order valence-electron chi connectivity index (χ2n) is 5.51. The van der Waals surface area contributed by atoms with Gasteiger partial charge in [-0.05, 0) is 25.0 Å². The summed E-state index contributed by atoms with van der Waals surface area (Å²) in [6.45, 7) is 1.16. The molecule has 132 valence electrons. The second kappa shape index (κ2) is 7.26. The summed E-state index contributed by atoms with van der Waals surface area (Å²) in [6.07, 6.45) is 1.92. The predicted octanol–water partition coefficient (Wildman–Crippen LogP) is 2.44. The van der Waals surface area contributed by atoms with Crippen molar-refractivity contribution < 1.29 is 14.1 Å². The fraction of sp³-hybridized carbons (Fsp3) is 0.333. The lowest BCUT2D eigenvalue weighted by molar-refractivity contribution is -0.383. The van der Waals surface area contributed by atoms with Crippen LogP contribution >= 0.6 is 0 Å². The lowest BCUT2D eigenvalue weighted by atomic mass is 10.2. The molecule has 1 aromatic carbocycles. The molecule has 2 heterocycles. The smallest absolute Gasteiger partial charge is 0.353 e. The van der Waals surface area contributed by atoms with Gasteiger partial charge in [0.2, 0.25) is 17.6 Å². The number of nitrogens with two attached hydrogens (primary N) is 1. The molecule has 0 amide bonds.